The fourth-order valence-electron chi connectivity index (χ4n) is 2.38. The Bertz CT molecular complexity index is 691. The van der Waals surface area contributed by atoms with Crippen molar-refractivity contribution >= 4 is 41.3 Å². The number of carbonyl (C=O) groups is 4. The first-order chi connectivity index (χ1) is 12.4. The number of nitrogens with one attached hydrogen (secondary N) is 2. The largest absolute Gasteiger partial charge is 0.469 e. The average molecular weight is 384 g/mol. The zero-order valence-electron chi connectivity index (χ0n) is 14.4. The van der Waals surface area contributed by atoms with Crippen LogP contribution in [-0.4, -0.2) is 71.5 Å². The van der Waals surface area contributed by atoms with Gasteiger partial charge in [0.05, 0.1) is 25.0 Å². The Labute approximate surface area is 154 Å². The van der Waals surface area contributed by atoms with E-state index in [1.54, 1.807) is 13.0 Å². The molecule has 1 aromatic rings. The Hall–Kier alpha value is -2.56. The lowest BCUT2D eigenvalue weighted by Crippen LogP contribution is -2.58. The first-order valence-corrected chi connectivity index (χ1v) is 9.01. The van der Waals surface area contributed by atoms with Crippen LogP contribution >= 0.6 is 11.8 Å². The first kappa shape index (κ1) is 19.8. The number of hydrogen-bond donors (Lipinski definition) is 2. The van der Waals surface area contributed by atoms with Crippen molar-refractivity contribution in [2.45, 2.75) is 19.4 Å². The molecule has 26 heavy (non-hydrogen) atoms. The van der Waals surface area contributed by atoms with Crippen LogP contribution in [0.1, 0.15) is 12.2 Å². The second-order valence-electron chi connectivity index (χ2n) is 5.54. The highest BCUT2D eigenvalue weighted by atomic mass is 32.2. The molecule has 1 saturated heterocycles. The van der Waals surface area contributed by atoms with E-state index in [0.29, 0.717) is 24.7 Å². The Morgan fingerprint density at radius 3 is 2.88 bits per heavy atom. The van der Waals surface area contributed by atoms with Gasteiger partial charge in [-0.05, 0) is 6.92 Å². The number of hydrogen-bond acceptors (Lipinski definition) is 8. The van der Waals surface area contributed by atoms with Crippen molar-refractivity contribution < 1.29 is 28.4 Å². The third-order valence-electron chi connectivity index (χ3n) is 3.59. The normalized spacial score (nSPS) is 16.8. The highest BCUT2D eigenvalue weighted by molar-refractivity contribution is 8.00. The van der Waals surface area contributed by atoms with E-state index in [4.69, 9.17) is 4.52 Å². The van der Waals surface area contributed by atoms with E-state index >= 15 is 0 Å². The van der Waals surface area contributed by atoms with Gasteiger partial charge >= 0.3 is 5.97 Å². The molecule has 1 unspecified atom stereocenters. The maximum absolute atomic E-state index is 12.4. The lowest BCUT2D eigenvalue weighted by Gasteiger charge is -2.34. The third kappa shape index (κ3) is 5.48. The van der Waals surface area contributed by atoms with Crippen LogP contribution < -0.4 is 10.6 Å². The van der Waals surface area contributed by atoms with Gasteiger partial charge in [-0.2, -0.15) is 0 Å². The van der Waals surface area contributed by atoms with Gasteiger partial charge in [0.25, 0.3) is 0 Å². The standard InChI is InChI=1S/C15H20N4O6S/c1-9-5-11(18-25-9)17-12(20)7-26-8-13(21)19-4-3-16-15(23)10(19)6-14(22)24-2/h5,10H,3-4,6-8H2,1-2H3,(H,16,23)(H,17,18,20). The lowest BCUT2D eigenvalue weighted by atomic mass is 10.1. The predicted octanol–water partition coefficient (Wildman–Crippen LogP) is -0.455. The topological polar surface area (TPSA) is 131 Å². The molecule has 1 atom stereocenters. The minimum Gasteiger partial charge on any atom is -0.469 e. The molecule has 0 saturated carbocycles. The lowest BCUT2D eigenvalue weighted by molar-refractivity contribution is -0.149. The molecule has 0 spiro atoms. The van der Waals surface area contributed by atoms with E-state index in [-0.39, 0.29) is 35.6 Å². The molecule has 0 aromatic carbocycles. The maximum atomic E-state index is 12.4. The summed E-state index contributed by atoms with van der Waals surface area (Å²) in [5.41, 5.74) is 0. The van der Waals surface area contributed by atoms with E-state index in [2.05, 4.69) is 20.5 Å². The molecule has 2 rings (SSSR count). The zero-order chi connectivity index (χ0) is 19.1. The minimum absolute atomic E-state index is 0.0101. The van der Waals surface area contributed by atoms with Crippen LogP contribution in [-0.2, 0) is 23.9 Å². The smallest absolute Gasteiger partial charge is 0.308 e. The fraction of sp³-hybridized carbons (Fsp3) is 0.533. The summed E-state index contributed by atoms with van der Waals surface area (Å²) in [5, 5.41) is 8.82. The van der Waals surface area contributed by atoms with E-state index < -0.39 is 12.0 Å². The maximum Gasteiger partial charge on any atom is 0.308 e. The highest BCUT2D eigenvalue weighted by Crippen LogP contribution is 2.13. The SMILES string of the molecule is COC(=O)CC1C(=O)NCCN1C(=O)CSCC(=O)Nc1cc(C)on1. The van der Waals surface area contributed by atoms with Crippen molar-refractivity contribution in [1.82, 2.24) is 15.4 Å². The van der Waals surface area contributed by atoms with Gasteiger partial charge in [0.15, 0.2) is 5.82 Å². The summed E-state index contributed by atoms with van der Waals surface area (Å²) in [6.45, 7) is 2.33. The van der Waals surface area contributed by atoms with Crippen LogP contribution in [0.5, 0.6) is 0 Å². The molecule has 10 nitrogen and oxygen atoms in total. The second kappa shape index (κ2) is 9.22. The van der Waals surface area contributed by atoms with E-state index in [9.17, 15) is 19.2 Å². The minimum atomic E-state index is -0.892. The van der Waals surface area contributed by atoms with Crippen molar-refractivity contribution in [3.8, 4) is 0 Å². The molecular formula is C15H20N4O6S. The van der Waals surface area contributed by atoms with Crippen LogP contribution in [0.2, 0.25) is 0 Å². The van der Waals surface area contributed by atoms with E-state index in [1.165, 1.54) is 12.0 Å². The number of ether oxygens (including phenoxy) is 1. The van der Waals surface area contributed by atoms with Crippen LogP contribution in [0.3, 0.4) is 0 Å². The van der Waals surface area contributed by atoms with Crippen molar-refractivity contribution in [3.05, 3.63) is 11.8 Å². The van der Waals surface area contributed by atoms with Crippen molar-refractivity contribution in [2.24, 2.45) is 0 Å². The molecule has 2 heterocycles. The average Bonchev–Trinajstić information content (AvgIpc) is 3.01. The quantitative estimate of drug-likeness (QED) is 0.604. The van der Waals surface area contributed by atoms with Gasteiger partial charge in [0.1, 0.15) is 11.8 Å². The van der Waals surface area contributed by atoms with Crippen LogP contribution in [0.15, 0.2) is 10.6 Å². The van der Waals surface area contributed by atoms with Crippen LogP contribution in [0.25, 0.3) is 0 Å². The van der Waals surface area contributed by atoms with E-state index in [1.807, 2.05) is 0 Å². The Balaban J connectivity index is 1.82. The number of rotatable bonds is 7. The summed E-state index contributed by atoms with van der Waals surface area (Å²) >= 11 is 1.11. The van der Waals surface area contributed by atoms with E-state index in [0.717, 1.165) is 11.8 Å². The number of amides is 3. The van der Waals surface area contributed by atoms with Gasteiger partial charge in [-0.15, -0.1) is 11.8 Å². The first-order valence-electron chi connectivity index (χ1n) is 7.85. The predicted molar refractivity (Wildman–Crippen MR) is 92.3 cm³/mol. The summed E-state index contributed by atoms with van der Waals surface area (Å²) in [7, 11) is 1.22. The Kier molecular flexibility index (Phi) is 7.01. The molecular weight excluding hydrogens is 364 g/mol. The summed E-state index contributed by atoms with van der Waals surface area (Å²) in [4.78, 5) is 49.0. The molecule has 0 bridgehead atoms. The monoisotopic (exact) mass is 384 g/mol. The summed E-state index contributed by atoms with van der Waals surface area (Å²) in [5.74, 6) is -0.662. The number of thioether (sulfide) groups is 1. The zero-order valence-corrected chi connectivity index (χ0v) is 15.3. The van der Waals surface area contributed by atoms with Gasteiger partial charge < -0.3 is 24.8 Å². The van der Waals surface area contributed by atoms with Gasteiger partial charge in [-0.25, -0.2) is 0 Å². The van der Waals surface area contributed by atoms with Crippen LogP contribution in [0, 0.1) is 6.92 Å². The third-order valence-corrected chi connectivity index (χ3v) is 4.51. The van der Waals surface area contributed by atoms with Crippen molar-refractivity contribution in [1.29, 1.82) is 0 Å². The van der Waals surface area contributed by atoms with Crippen LogP contribution in [0.4, 0.5) is 5.82 Å². The molecule has 0 radical (unpaired) electrons. The van der Waals surface area contributed by atoms with Gasteiger partial charge in [0.2, 0.25) is 17.7 Å². The van der Waals surface area contributed by atoms with Crippen molar-refractivity contribution in [3.63, 3.8) is 0 Å². The molecule has 1 fully saturated rings. The Morgan fingerprint density at radius 1 is 1.46 bits per heavy atom. The molecule has 11 heteroatoms. The number of piperazine rings is 1. The fourth-order valence-corrected chi connectivity index (χ4v) is 3.08. The molecule has 0 aliphatic carbocycles. The summed E-state index contributed by atoms with van der Waals surface area (Å²) < 4.78 is 9.41. The molecule has 142 valence electrons. The molecule has 1 aromatic heterocycles. The summed E-state index contributed by atoms with van der Waals surface area (Å²) in [6, 6.07) is 0.688. The molecule has 3 amide bonds. The number of methoxy groups -OCH3 is 1. The number of aryl methyl sites for hydroxylation is 1. The number of carbonyl (C=O) groups excluding carboxylic acids is 4. The molecule has 1 aliphatic rings. The molecule has 1 aliphatic heterocycles. The molecule has 2 N–H and O–H groups in total. The number of esters is 1. The second-order valence-corrected chi connectivity index (χ2v) is 6.52. The van der Waals surface area contributed by atoms with Gasteiger partial charge in [-0.3, -0.25) is 19.2 Å². The van der Waals surface area contributed by atoms with Gasteiger partial charge in [-0.1, -0.05) is 5.16 Å². The Morgan fingerprint density at radius 2 is 2.23 bits per heavy atom. The number of aromatic nitrogens is 1. The number of nitrogens with zero attached hydrogens (tertiary/aromatic N) is 2. The van der Waals surface area contributed by atoms with Crippen molar-refractivity contribution in [2.75, 3.05) is 37.0 Å². The summed E-state index contributed by atoms with van der Waals surface area (Å²) in [6.07, 6.45) is -0.204. The number of anilines is 1. The highest BCUT2D eigenvalue weighted by Gasteiger charge is 2.34. The van der Waals surface area contributed by atoms with Gasteiger partial charge in [0, 0.05) is 19.2 Å².